The fourth-order valence-corrected chi connectivity index (χ4v) is 7.55. The van der Waals surface area contributed by atoms with Gasteiger partial charge in [-0.1, -0.05) is 130 Å². The molecule has 3 saturated carbocycles. The first-order valence-corrected chi connectivity index (χ1v) is 16.0. The maximum atomic E-state index is 6.99. The van der Waals surface area contributed by atoms with Crippen molar-refractivity contribution in [3.63, 3.8) is 0 Å². The average Bonchev–Trinajstić information content (AvgIpc) is 3.03. The van der Waals surface area contributed by atoms with Crippen molar-refractivity contribution in [3.8, 4) is 0 Å². The van der Waals surface area contributed by atoms with E-state index >= 15 is 0 Å². The van der Waals surface area contributed by atoms with Gasteiger partial charge in [-0.05, 0) is 55.2 Å². The Labute approximate surface area is 241 Å². The molecule has 3 fully saturated rings. The van der Waals surface area contributed by atoms with E-state index < -0.39 is 7.32 Å². The number of rotatable bonds is 9. The maximum absolute atomic E-state index is 6.99. The molecule has 6 atom stereocenters. The fourth-order valence-electron chi connectivity index (χ4n) is 7.55. The zero-order valence-electron chi connectivity index (χ0n) is 23.9. The third kappa shape index (κ3) is 6.90. The smallest absolute Gasteiger partial charge is 0.382 e. The van der Waals surface area contributed by atoms with Crippen LogP contribution in [-0.2, 0) is 14.0 Å². The molecule has 0 N–H and O–H groups in total. The molecule has 0 aliphatic heterocycles. The summed E-state index contributed by atoms with van der Waals surface area (Å²) in [4.78, 5) is 0. The largest absolute Gasteiger partial charge is 0.640 e. The van der Waals surface area contributed by atoms with Crippen molar-refractivity contribution in [2.75, 3.05) is 0 Å². The Morgan fingerprint density at radius 3 is 0.950 bits per heavy atom. The van der Waals surface area contributed by atoms with Crippen LogP contribution in [0.2, 0.25) is 0 Å². The summed E-state index contributed by atoms with van der Waals surface area (Å²) in [6.45, 7) is 0. The van der Waals surface area contributed by atoms with Crippen LogP contribution < -0.4 is 0 Å². The van der Waals surface area contributed by atoms with Gasteiger partial charge < -0.3 is 14.0 Å². The second kappa shape index (κ2) is 14.0. The predicted octanol–water partition coefficient (Wildman–Crippen LogP) is 9.20. The third-order valence-electron chi connectivity index (χ3n) is 9.65. The van der Waals surface area contributed by atoms with Crippen LogP contribution in [0.3, 0.4) is 0 Å². The lowest BCUT2D eigenvalue weighted by atomic mass is 9.79. The van der Waals surface area contributed by atoms with Crippen LogP contribution in [0.1, 0.15) is 111 Å². The lowest BCUT2D eigenvalue weighted by molar-refractivity contribution is -0.0301. The topological polar surface area (TPSA) is 27.7 Å². The minimum atomic E-state index is -0.641. The quantitative estimate of drug-likeness (QED) is 0.255. The molecule has 0 unspecified atom stereocenters. The van der Waals surface area contributed by atoms with Gasteiger partial charge in [0.05, 0.1) is 18.3 Å². The van der Waals surface area contributed by atoms with Crippen LogP contribution in [-0.4, -0.2) is 25.6 Å². The van der Waals surface area contributed by atoms with Crippen LogP contribution in [0.15, 0.2) is 91.0 Å². The van der Waals surface area contributed by atoms with Crippen molar-refractivity contribution in [3.05, 3.63) is 108 Å². The van der Waals surface area contributed by atoms with E-state index in [1.54, 1.807) is 0 Å². The SMILES string of the molecule is c1ccc([C@H]2CCCC[C@H]2OB(O[C@H]2CCCC[C@H]2c2ccccc2)O[C@@H]2CCCC[C@H]2c2ccccc2)cc1. The molecule has 0 aromatic heterocycles. The monoisotopic (exact) mass is 536 g/mol. The molecule has 0 heterocycles. The Hall–Kier alpha value is -2.40. The first kappa shape index (κ1) is 27.8. The normalized spacial score (nSPS) is 29.1. The summed E-state index contributed by atoms with van der Waals surface area (Å²) in [6.07, 6.45) is 14.3. The lowest BCUT2D eigenvalue weighted by Crippen LogP contribution is -2.44. The van der Waals surface area contributed by atoms with E-state index in [9.17, 15) is 0 Å². The zero-order chi connectivity index (χ0) is 27.0. The van der Waals surface area contributed by atoms with Gasteiger partial charge >= 0.3 is 7.32 Å². The number of benzene rings is 3. The summed E-state index contributed by atoms with van der Waals surface area (Å²) in [5, 5.41) is 0. The van der Waals surface area contributed by atoms with E-state index in [2.05, 4.69) is 91.0 Å². The van der Waals surface area contributed by atoms with Crippen LogP contribution >= 0.6 is 0 Å². The first-order valence-electron chi connectivity index (χ1n) is 16.0. The van der Waals surface area contributed by atoms with E-state index in [-0.39, 0.29) is 18.3 Å². The Balaban J connectivity index is 1.25. The van der Waals surface area contributed by atoms with Crippen molar-refractivity contribution in [2.45, 2.75) is 113 Å². The molecular weight excluding hydrogens is 491 g/mol. The maximum Gasteiger partial charge on any atom is 0.640 e. The predicted molar refractivity (Wildman–Crippen MR) is 163 cm³/mol. The Morgan fingerprint density at radius 1 is 0.375 bits per heavy atom. The van der Waals surface area contributed by atoms with Crippen molar-refractivity contribution < 1.29 is 14.0 Å². The van der Waals surface area contributed by atoms with E-state index in [1.165, 1.54) is 55.2 Å². The van der Waals surface area contributed by atoms with Crippen LogP contribution in [0.5, 0.6) is 0 Å². The molecule has 210 valence electrons. The number of hydrogen-bond acceptors (Lipinski definition) is 3. The van der Waals surface area contributed by atoms with E-state index in [4.69, 9.17) is 14.0 Å². The molecule has 0 bridgehead atoms. The molecule has 3 aromatic carbocycles. The van der Waals surface area contributed by atoms with Gasteiger partial charge in [-0.3, -0.25) is 0 Å². The molecule has 0 saturated heterocycles. The molecule has 0 amide bonds. The minimum absolute atomic E-state index is 0.110. The van der Waals surface area contributed by atoms with E-state index in [1.807, 2.05) is 0 Å². The van der Waals surface area contributed by atoms with Gasteiger partial charge in [0.2, 0.25) is 0 Å². The first-order chi connectivity index (χ1) is 19.8. The standard InChI is InChI=1S/C36H45BO3/c1-4-16-28(17-5-1)31-22-10-13-25-34(31)38-37(39-35-26-14-11-23-32(35)29-18-6-2-7-19-29)40-36-27-15-12-24-33(36)30-20-8-3-9-21-30/h1-9,16-21,31-36H,10-15,22-27H2/t31-,32-,33+,34-,35+,36+/m0/s1. The van der Waals surface area contributed by atoms with Crippen molar-refractivity contribution in [1.82, 2.24) is 0 Å². The molecule has 3 aromatic rings. The third-order valence-corrected chi connectivity index (χ3v) is 9.65. The molecule has 3 aliphatic rings. The van der Waals surface area contributed by atoms with Gasteiger partial charge in [-0.25, -0.2) is 0 Å². The van der Waals surface area contributed by atoms with Gasteiger partial charge in [0.1, 0.15) is 0 Å². The highest BCUT2D eigenvalue weighted by molar-refractivity contribution is 6.36. The second-order valence-corrected chi connectivity index (χ2v) is 12.2. The molecule has 3 nitrogen and oxygen atoms in total. The van der Waals surface area contributed by atoms with Crippen molar-refractivity contribution >= 4 is 7.32 Å². The van der Waals surface area contributed by atoms with Gasteiger partial charge in [0.25, 0.3) is 0 Å². The van der Waals surface area contributed by atoms with E-state index in [0.717, 1.165) is 38.5 Å². The van der Waals surface area contributed by atoms with Crippen molar-refractivity contribution in [2.24, 2.45) is 0 Å². The van der Waals surface area contributed by atoms with Crippen LogP contribution in [0.4, 0.5) is 0 Å². The van der Waals surface area contributed by atoms with Gasteiger partial charge in [-0.15, -0.1) is 0 Å². The molecule has 40 heavy (non-hydrogen) atoms. The summed E-state index contributed by atoms with van der Waals surface area (Å²) in [6, 6.07) is 32.9. The molecule has 4 heteroatoms. The Bertz CT molecular complexity index is 994. The molecule has 6 rings (SSSR count). The fraction of sp³-hybridized carbons (Fsp3) is 0.500. The average molecular weight is 537 g/mol. The Kier molecular flexibility index (Phi) is 9.70. The van der Waals surface area contributed by atoms with Crippen molar-refractivity contribution in [1.29, 1.82) is 0 Å². The molecule has 0 radical (unpaired) electrons. The highest BCUT2D eigenvalue weighted by Crippen LogP contribution is 2.40. The summed E-state index contributed by atoms with van der Waals surface area (Å²) < 4.78 is 21.0. The Morgan fingerprint density at radius 2 is 0.650 bits per heavy atom. The zero-order valence-corrected chi connectivity index (χ0v) is 23.9. The second-order valence-electron chi connectivity index (χ2n) is 12.2. The van der Waals surface area contributed by atoms with Gasteiger partial charge in [0.15, 0.2) is 0 Å². The summed E-state index contributed by atoms with van der Waals surface area (Å²) in [7, 11) is -0.641. The summed E-state index contributed by atoms with van der Waals surface area (Å²) in [5.74, 6) is 1.16. The molecular formula is C36H45BO3. The van der Waals surface area contributed by atoms with E-state index in [0.29, 0.717) is 17.8 Å². The van der Waals surface area contributed by atoms with Gasteiger partial charge in [0, 0.05) is 17.8 Å². The summed E-state index contributed by atoms with van der Waals surface area (Å²) >= 11 is 0. The van der Waals surface area contributed by atoms with Crippen LogP contribution in [0, 0.1) is 0 Å². The number of hydrogen-bond donors (Lipinski definition) is 0. The van der Waals surface area contributed by atoms with Gasteiger partial charge in [-0.2, -0.15) is 0 Å². The molecule has 3 aliphatic carbocycles. The highest BCUT2D eigenvalue weighted by Gasteiger charge is 2.41. The summed E-state index contributed by atoms with van der Waals surface area (Å²) in [5.41, 5.74) is 4.14. The highest BCUT2D eigenvalue weighted by atomic mass is 16.7. The molecule has 0 spiro atoms. The minimum Gasteiger partial charge on any atom is -0.382 e. The lowest BCUT2D eigenvalue weighted by Gasteiger charge is -2.39. The van der Waals surface area contributed by atoms with Crippen LogP contribution in [0.25, 0.3) is 0 Å².